The topological polar surface area (TPSA) is 348 Å². The summed E-state index contributed by atoms with van der Waals surface area (Å²) in [4.78, 5) is 140. The second-order valence-corrected chi connectivity index (χ2v) is 23.2. The summed E-state index contributed by atoms with van der Waals surface area (Å²) in [6.45, 7) is 5.77. The lowest BCUT2D eigenvalue weighted by atomic mass is 9.86. The minimum Gasteiger partial charge on any atom is -0.495 e. The monoisotopic (exact) mass is 1330 g/mol. The van der Waals surface area contributed by atoms with Gasteiger partial charge in [0, 0.05) is 61.2 Å². The zero-order chi connectivity index (χ0) is 68.3. The fourth-order valence-electron chi connectivity index (χ4n) is 10.1. The lowest BCUT2D eigenvalue weighted by Crippen LogP contribution is -2.57. The average molecular weight is 1330 g/mol. The van der Waals surface area contributed by atoms with Gasteiger partial charge >= 0.3 is 36.3 Å². The number of imide groups is 1. The first-order valence-electron chi connectivity index (χ1n) is 29.8. The van der Waals surface area contributed by atoms with Crippen molar-refractivity contribution in [2.24, 2.45) is 5.92 Å². The number of rotatable bonds is 20. The van der Waals surface area contributed by atoms with Crippen LogP contribution < -0.4 is 25.6 Å². The number of methoxy groups -OCH3 is 3. The molecule has 2 bridgehead atoms. The molecule has 2 fully saturated rings. The van der Waals surface area contributed by atoms with E-state index in [1.807, 2.05) is 19.9 Å². The molecule has 4 heterocycles. The van der Waals surface area contributed by atoms with E-state index < -0.39 is 121 Å². The van der Waals surface area contributed by atoms with Gasteiger partial charge in [-0.25, -0.2) is 28.8 Å². The van der Waals surface area contributed by atoms with E-state index in [1.165, 1.54) is 82.2 Å². The molecule has 0 spiro atoms. The van der Waals surface area contributed by atoms with Crippen LogP contribution in [0.1, 0.15) is 77.3 Å². The van der Waals surface area contributed by atoms with Crippen LogP contribution in [0.15, 0.2) is 66.3 Å². The van der Waals surface area contributed by atoms with Crippen LogP contribution in [0, 0.1) is 5.92 Å². The summed E-state index contributed by atoms with van der Waals surface area (Å²) in [5.41, 5.74) is -0.669. The molecule has 2 aromatic rings. The molecule has 30 nitrogen and oxygen atoms in total. The van der Waals surface area contributed by atoms with Crippen LogP contribution in [0.25, 0.3) is 0 Å². The molecular formula is C62H83ClN8O22. The number of benzene rings is 2. The number of hydrogen-bond donors (Lipinski definition) is 4. The normalized spacial score (nSPS) is 24.2. The number of esters is 1. The third-order valence-electron chi connectivity index (χ3n) is 15.9. The number of hydrogen-bond acceptors (Lipinski definition) is 23. The number of aliphatic hydroxyl groups is 1. The quantitative estimate of drug-likeness (QED) is 0.0323. The van der Waals surface area contributed by atoms with E-state index in [0.717, 1.165) is 23.1 Å². The van der Waals surface area contributed by atoms with Gasteiger partial charge in [0.15, 0.2) is 5.72 Å². The first kappa shape index (κ1) is 73.5. The Morgan fingerprint density at radius 1 is 0.892 bits per heavy atom. The second kappa shape index (κ2) is 33.9. The molecule has 0 aliphatic carbocycles. The number of anilines is 3. The number of carbonyl (C=O) groups is 10. The number of ether oxygens (including phenoxy) is 10. The third-order valence-corrected chi connectivity index (χ3v) is 16.3. The Morgan fingerprint density at radius 3 is 2.27 bits per heavy atom. The van der Waals surface area contributed by atoms with Crippen LogP contribution in [0.2, 0.25) is 5.02 Å². The number of fused-ring (bicyclic) bond motifs is 3. The van der Waals surface area contributed by atoms with Crippen molar-refractivity contribution in [3.63, 3.8) is 0 Å². The van der Waals surface area contributed by atoms with E-state index in [0.29, 0.717) is 28.5 Å². The van der Waals surface area contributed by atoms with E-state index in [9.17, 15) is 53.1 Å². The maximum absolute atomic E-state index is 14.4. The molecule has 93 heavy (non-hydrogen) atoms. The van der Waals surface area contributed by atoms with Crippen LogP contribution >= 0.6 is 11.6 Å². The van der Waals surface area contributed by atoms with Crippen molar-refractivity contribution in [1.82, 2.24) is 25.1 Å². The number of amides is 8. The predicted octanol–water partition coefficient (Wildman–Crippen LogP) is 5.38. The van der Waals surface area contributed by atoms with E-state index in [-0.39, 0.29) is 94.1 Å². The zero-order valence-electron chi connectivity index (χ0n) is 54.0. The number of epoxide rings is 1. The van der Waals surface area contributed by atoms with Crippen molar-refractivity contribution in [2.45, 2.75) is 121 Å². The highest BCUT2D eigenvalue weighted by Crippen LogP contribution is 2.48. The van der Waals surface area contributed by atoms with Crippen molar-refractivity contribution in [3.05, 3.63) is 82.4 Å². The van der Waals surface area contributed by atoms with Gasteiger partial charge in [0.05, 0.1) is 63.4 Å². The first-order chi connectivity index (χ1) is 44.1. The molecule has 4 aliphatic rings. The fourth-order valence-corrected chi connectivity index (χ4v) is 10.4. The molecule has 4 aliphatic heterocycles. The maximum atomic E-state index is 14.4. The SMILES string of the molecule is COC(=O)N[C@]1(O)CC[C@@H](C)[C@@H]2O[C@@]2(C)[C@@H](OC(=O)[C@H](C)N(C)C(=O)CCOC(=O)N(C)CCN(C)C(=O)OCc2ccc(NC(=O)OC3/C=C/COCOC3)c(NCC(=O)ON3C(=O)CCC3=O)c2)CC(=O)N(C)c2cc(cc(OC)c2Cl)C/C(C)=C/C=C/[C@H]1OC. The average Bonchev–Trinajstić information content (AvgIpc) is 1.59. The number of alkyl carbamates (subject to hydrolysis) is 1. The molecule has 0 radical (unpaired) electrons. The predicted molar refractivity (Wildman–Crippen MR) is 331 cm³/mol. The highest BCUT2D eigenvalue weighted by atomic mass is 35.5. The van der Waals surface area contributed by atoms with Gasteiger partial charge in [-0.2, -0.15) is 0 Å². The number of allylic oxidation sites excluding steroid dienone is 3. The molecule has 2 saturated heterocycles. The largest absolute Gasteiger partial charge is 0.495 e. The van der Waals surface area contributed by atoms with Crippen molar-refractivity contribution in [2.75, 3.05) is 111 Å². The molecular weight excluding hydrogens is 1240 g/mol. The molecule has 2 aromatic carbocycles. The number of nitrogens with one attached hydrogen (secondary N) is 3. The van der Waals surface area contributed by atoms with Crippen LogP contribution in [0.5, 0.6) is 5.75 Å². The van der Waals surface area contributed by atoms with E-state index in [4.69, 9.17) is 63.8 Å². The maximum Gasteiger partial charge on any atom is 0.412 e. The molecule has 31 heteroatoms. The minimum atomic E-state index is -1.97. The Bertz CT molecular complexity index is 3150. The lowest BCUT2D eigenvalue weighted by molar-refractivity contribution is -0.196. The van der Waals surface area contributed by atoms with Gasteiger partial charge in [0.25, 0.3) is 11.8 Å². The molecule has 0 aromatic heterocycles. The molecule has 1 unspecified atom stereocenters. The second-order valence-electron chi connectivity index (χ2n) is 22.8. The third kappa shape index (κ3) is 20.5. The molecule has 4 N–H and O–H groups in total. The number of halogens is 1. The lowest BCUT2D eigenvalue weighted by Gasteiger charge is -2.34. The highest BCUT2D eigenvalue weighted by Gasteiger charge is 2.62. The summed E-state index contributed by atoms with van der Waals surface area (Å²) < 4.78 is 55.4. The molecule has 8 amide bonds. The van der Waals surface area contributed by atoms with Crippen LogP contribution in [-0.2, 0) is 89.3 Å². The minimum absolute atomic E-state index is 0.00248. The molecule has 510 valence electrons. The molecule has 8 atom stereocenters. The van der Waals surface area contributed by atoms with Crippen molar-refractivity contribution < 1.29 is 105 Å². The van der Waals surface area contributed by atoms with E-state index in [2.05, 4.69) is 16.0 Å². The number of hydroxylamine groups is 2. The van der Waals surface area contributed by atoms with Gasteiger partial charge in [-0.1, -0.05) is 54.5 Å². The van der Waals surface area contributed by atoms with E-state index >= 15 is 0 Å². The zero-order valence-corrected chi connectivity index (χ0v) is 54.7. The van der Waals surface area contributed by atoms with Crippen LogP contribution in [0.4, 0.5) is 36.2 Å². The summed E-state index contributed by atoms with van der Waals surface area (Å²) in [5, 5.41) is 20.4. The van der Waals surface area contributed by atoms with E-state index in [1.54, 1.807) is 43.4 Å². The van der Waals surface area contributed by atoms with Crippen molar-refractivity contribution in [1.29, 1.82) is 0 Å². The highest BCUT2D eigenvalue weighted by molar-refractivity contribution is 6.35. The standard InChI is InChI=1S/C62H83ClN8O22/c1-37-14-12-16-47(84-10)62(82,66-58(79)85-11)23-21-38(2)55-61(4,92-55)48(32-52(75)70(8)45-30-41(28-37)31-46(83-9)54(45)63)91-56(77)39(3)69(7)49(72)22-27-88-59(80)67(5)24-25-68(6)60(81)89-34-40-17-18-43(65-57(78)90-42-15-13-26-86-36-87-35-42)44(29-40)64-33-53(76)93-71-50(73)19-20-51(71)74/h12-18,29-31,38-39,42,47-48,55,64,82H,19-28,32-36H2,1-11H3,(H,65,78)(H,66,79)/b15-13+,16-12+,37-14+/t38-,39+,42?,47-,48+,55+,61+,62+/m1/s1. The summed E-state index contributed by atoms with van der Waals surface area (Å²) >= 11 is 6.83. The Labute approximate surface area is 543 Å². The van der Waals surface area contributed by atoms with Gasteiger partial charge < -0.3 is 82.2 Å². The summed E-state index contributed by atoms with van der Waals surface area (Å²) in [5.74, 6) is -4.41. The smallest absolute Gasteiger partial charge is 0.412 e. The number of nitrogens with zero attached hydrogens (tertiary/aromatic N) is 5. The van der Waals surface area contributed by atoms with Gasteiger partial charge in [0.1, 0.15) is 67.3 Å². The first-order valence-corrected chi connectivity index (χ1v) is 30.2. The fraction of sp³-hybridized carbons (Fsp3) is 0.548. The van der Waals surface area contributed by atoms with Gasteiger partial charge in [-0.05, 0) is 87.4 Å². The van der Waals surface area contributed by atoms with Crippen LogP contribution in [0.3, 0.4) is 0 Å². The van der Waals surface area contributed by atoms with Gasteiger partial charge in [-0.3, -0.25) is 29.8 Å². The van der Waals surface area contributed by atoms with Gasteiger partial charge in [-0.15, -0.1) is 5.06 Å². The number of likely N-dealkylation sites (N-methyl/N-ethyl adjacent to an activating group) is 3. The molecule has 6 rings (SSSR count). The van der Waals surface area contributed by atoms with Crippen molar-refractivity contribution >= 4 is 88.6 Å². The Morgan fingerprint density at radius 2 is 1.59 bits per heavy atom. The summed E-state index contributed by atoms with van der Waals surface area (Å²) in [6, 6.07) is 6.70. The van der Waals surface area contributed by atoms with Gasteiger partial charge in [0.2, 0.25) is 11.8 Å². The Kier molecular flexibility index (Phi) is 26.8. The Balaban J connectivity index is 1.03. The van der Waals surface area contributed by atoms with Crippen molar-refractivity contribution in [3.8, 4) is 5.75 Å². The Hall–Kier alpha value is -8.55. The summed E-state index contributed by atoms with van der Waals surface area (Å²) in [6.07, 6.45) is 0.883. The summed E-state index contributed by atoms with van der Waals surface area (Å²) in [7, 11) is 9.73. The van der Waals surface area contributed by atoms with Crippen LogP contribution in [-0.4, -0.2) is 222 Å². The number of carbonyl (C=O) groups excluding carboxylic acids is 10. The molecule has 0 saturated carbocycles.